The fraction of sp³-hybridized carbons (Fsp3) is 0.235. The van der Waals surface area contributed by atoms with E-state index >= 15 is 0 Å². The fourth-order valence-corrected chi connectivity index (χ4v) is 4.15. The van der Waals surface area contributed by atoms with E-state index in [-0.39, 0.29) is 15.6 Å². The molecule has 2 aromatic rings. The highest BCUT2D eigenvalue weighted by Crippen LogP contribution is 2.25. The summed E-state index contributed by atoms with van der Waals surface area (Å²) >= 11 is 6.01. The van der Waals surface area contributed by atoms with Gasteiger partial charge in [0, 0.05) is 29.5 Å². The van der Waals surface area contributed by atoms with Gasteiger partial charge >= 0.3 is 6.03 Å². The molecule has 0 bridgehead atoms. The molecule has 2 amide bonds. The molecule has 0 aliphatic rings. The Labute approximate surface area is 157 Å². The van der Waals surface area contributed by atoms with Crippen molar-refractivity contribution < 1.29 is 17.6 Å². The maximum Gasteiger partial charge on any atom is 0.323 e. The minimum Gasteiger partial charge on any atom is -0.308 e. The first-order chi connectivity index (χ1) is 12.3. The molecule has 2 N–H and O–H groups in total. The summed E-state index contributed by atoms with van der Waals surface area (Å²) in [5.74, 6) is -0.419. The van der Waals surface area contributed by atoms with Gasteiger partial charge in [-0.15, -0.1) is 0 Å². The Morgan fingerprint density at radius 1 is 1.04 bits per heavy atom. The van der Waals surface area contributed by atoms with Crippen LogP contribution in [0.5, 0.6) is 0 Å². The molecule has 0 saturated heterocycles. The van der Waals surface area contributed by atoms with Crippen molar-refractivity contribution in [2.24, 2.45) is 0 Å². The summed E-state index contributed by atoms with van der Waals surface area (Å²) in [6.45, 7) is 4.11. The largest absolute Gasteiger partial charge is 0.323 e. The fourth-order valence-electron chi connectivity index (χ4n) is 2.32. The second-order valence-corrected chi connectivity index (χ2v) is 7.73. The third-order valence-electron chi connectivity index (χ3n) is 3.57. The van der Waals surface area contributed by atoms with E-state index in [1.807, 2.05) is 0 Å². The SMILES string of the molecule is CCN(CC)S(=O)(=O)c1cc(Cl)cc(NC(=O)Nc2ccc(F)cc2)c1. The summed E-state index contributed by atoms with van der Waals surface area (Å²) < 4.78 is 39.4. The summed E-state index contributed by atoms with van der Waals surface area (Å²) in [5.41, 5.74) is 0.616. The van der Waals surface area contributed by atoms with Gasteiger partial charge in [0.25, 0.3) is 0 Å². The molecule has 0 atom stereocenters. The van der Waals surface area contributed by atoms with Crippen LogP contribution in [0.1, 0.15) is 13.8 Å². The van der Waals surface area contributed by atoms with Gasteiger partial charge in [-0.25, -0.2) is 17.6 Å². The van der Waals surface area contributed by atoms with Crippen LogP contribution in [0.25, 0.3) is 0 Å². The topological polar surface area (TPSA) is 78.5 Å². The third kappa shape index (κ3) is 4.94. The molecular weight excluding hydrogens is 381 g/mol. The average molecular weight is 400 g/mol. The third-order valence-corrected chi connectivity index (χ3v) is 5.82. The monoisotopic (exact) mass is 399 g/mol. The van der Waals surface area contributed by atoms with Crippen molar-refractivity contribution in [2.45, 2.75) is 18.7 Å². The van der Waals surface area contributed by atoms with E-state index in [1.54, 1.807) is 13.8 Å². The number of amides is 2. The van der Waals surface area contributed by atoms with Gasteiger partial charge in [-0.05, 0) is 42.5 Å². The molecule has 9 heteroatoms. The van der Waals surface area contributed by atoms with E-state index in [4.69, 9.17) is 11.6 Å². The van der Waals surface area contributed by atoms with Crippen LogP contribution in [0.3, 0.4) is 0 Å². The lowest BCUT2D eigenvalue weighted by atomic mass is 10.3. The first kappa shape index (κ1) is 20.2. The van der Waals surface area contributed by atoms with Gasteiger partial charge < -0.3 is 10.6 Å². The van der Waals surface area contributed by atoms with Crippen LogP contribution < -0.4 is 10.6 Å². The molecule has 0 saturated carbocycles. The molecule has 0 aromatic heterocycles. The Hall–Kier alpha value is -2.16. The normalized spacial score (nSPS) is 11.4. The zero-order valence-electron chi connectivity index (χ0n) is 14.3. The van der Waals surface area contributed by atoms with Crippen molar-refractivity contribution in [1.82, 2.24) is 4.31 Å². The summed E-state index contributed by atoms with van der Waals surface area (Å²) in [6.07, 6.45) is 0. The maximum absolute atomic E-state index is 12.9. The van der Waals surface area contributed by atoms with Crippen LogP contribution in [0.4, 0.5) is 20.6 Å². The Bertz CT molecular complexity index is 885. The van der Waals surface area contributed by atoms with Gasteiger partial charge in [-0.2, -0.15) is 4.31 Å². The number of urea groups is 1. The van der Waals surface area contributed by atoms with E-state index in [2.05, 4.69) is 10.6 Å². The van der Waals surface area contributed by atoms with Crippen LogP contribution >= 0.6 is 11.6 Å². The molecule has 0 heterocycles. The second-order valence-electron chi connectivity index (χ2n) is 5.35. The number of hydrogen-bond donors (Lipinski definition) is 2. The zero-order chi connectivity index (χ0) is 19.3. The molecule has 0 spiro atoms. The predicted octanol–water partition coefficient (Wildman–Crippen LogP) is 4.15. The number of anilines is 2. The molecule has 0 aliphatic heterocycles. The molecule has 6 nitrogen and oxygen atoms in total. The van der Waals surface area contributed by atoms with Crippen molar-refractivity contribution in [3.8, 4) is 0 Å². The highest BCUT2D eigenvalue weighted by Gasteiger charge is 2.22. The lowest BCUT2D eigenvalue weighted by molar-refractivity contribution is 0.262. The smallest absolute Gasteiger partial charge is 0.308 e. The molecule has 140 valence electrons. The average Bonchev–Trinajstić information content (AvgIpc) is 2.57. The zero-order valence-corrected chi connectivity index (χ0v) is 15.9. The van der Waals surface area contributed by atoms with E-state index in [0.717, 1.165) is 0 Å². The molecule has 0 radical (unpaired) electrons. The summed E-state index contributed by atoms with van der Waals surface area (Å²) in [7, 11) is -3.71. The van der Waals surface area contributed by atoms with Gasteiger partial charge in [0.15, 0.2) is 0 Å². The van der Waals surface area contributed by atoms with Crippen molar-refractivity contribution in [3.05, 3.63) is 53.3 Å². The summed E-state index contributed by atoms with van der Waals surface area (Å²) in [5, 5.41) is 5.22. The lowest BCUT2D eigenvalue weighted by Crippen LogP contribution is -2.30. The quantitative estimate of drug-likeness (QED) is 0.765. The molecule has 0 aliphatic carbocycles. The Morgan fingerprint density at radius 2 is 1.62 bits per heavy atom. The number of benzene rings is 2. The lowest BCUT2D eigenvalue weighted by Gasteiger charge is -2.19. The minimum absolute atomic E-state index is 0.00854. The Balaban J connectivity index is 2.21. The number of rotatable bonds is 6. The molecular formula is C17H19ClFN3O3S. The van der Waals surface area contributed by atoms with Crippen molar-refractivity contribution >= 4 is 39.0 Å². The van der Waals surface area contributed by atoms with Gasteiger partial charge in [0.05, 0.1) is 4.90 Å². The van der Waals surface area contributed by atoms with Gasteiger partial charge in [0.1, 0.15) is 5.82 Å². The highest BCUT2D eigenvalue weighted by atomic mass is 35.5. The molecule has 0 unspecified atom stereocenters. The maximum atomic E-state index is 12.9. The second kappa shape index (κ2) is 8.48. The van der Waals surface area contributed by atoms with E-state index in [0.29, 0.717) is 18.8 Å². The minimum atomic E-state index is -3.71. The number of sulfonamides is 1. The van der Waals surface area contributed by atoms with E-state index in [9.17, 15) is 17.6 Å². The first-order valence-corrected chi connectivity index (χ1v) is 9.72. The van der Waals surface area contributed by atoms with Gasteiger partial charge in [0.2, 0.25) is 10.0 Å². The van der Waals surface area contributed by atoms with Crippen LogP contribution in [-0.2, 0) is 10.0 Å². The van der Waals surface area contributed by atoms with Crippen LogP contribution in [-0.4, -0.2) is 31.8 Å². The molecule has 2 aromatic carbocycles. The molecule has 0 fully saturated rings. The Morgan fingerprint density at radius 3 is 2.19 bits per heavy atom. The summed E-state index contributed by atoms with van der Waals surface area (Å²) in [4.78, 5) is 12.1. The number of carbonyl (C=O) groups excluding carboxylic acids is 1. The predicted molar refractivity (Wildman–Crippen MR) is 101 cm³/mol. The van der Waals surface area contributed by atoms with Crippen molar-refractivity contribution in [3.63, 3.8) is 0 Å². The van der Waals surface area contributed by atoms with Crippen LogP contribution in [0, 0.1) is 5.82 Å². The highest BCUT2D eigenvalue weighted by molar-refractivity contribution is 7.89. The Kier molecular flexibility index (Phi) is 6.57. The number of halogens is 2. The summed E-state index contributed by atoms with van der Waals surface area (Å²) in [6, 6.07) is 8.74. The van der Waals surface area contributed by atoms with Gasteiger partial charge in [-0.3, -0.25) is 0 Å². The molecule has 2 rings (SSSR count). The van der Waals surface area contributed by atoms with E-state index in [1.165, 1.54) is 46.8 Å². The molecule has 26 heavy (non-hydrogen) atoms. The van der Waals surface area contributed by atoms with Crippen molar-refractivity contribution in [2.75, 3.05) is 23.7 Å². The number of carbonyl (C=O) groups is 1. The number of hydrogen-bond acceptors (Lipinski definition) is 3. The van der Waals surface area contributed by atoms with Crippen LogP contribution in [0.2, 0.25) is 5.02 Å². The number of nitrogens with one attached hydrogen (secondary N) is 2. The number of nitrogens with zero attached hydrogens (tertiary/aromatic N) is 1. The van der Waals surface area contributed by atoms with Gasteiger partial charge in [-0.1, -0.05) is 25.4 Å². The van der Waals surface area contributed by atoms with E-state index < -0.39 is 21.9 Å². The standard InChI is InChI=1S/C17H19ClFN3O3S/c1-3-22(4-2)26(24,25)16-10-12(18)9-15(11-16)21-17(23)20-14-7-5-13(19)6-8-14/h5-11H,3-4H2,1-2H3,(H2,20,21,23). The first-order valence-electron chi connectivity index (χ1n) is 7.90. The van der Waals surface area contributed by atoms with Crippen molar-refractivity contribution in [1.29, 1.82) is 0 Å². The van der Waals surface area contributed by atoms with Crippen LogP contribution in [0.15, 0.2) is 47.4 Å².